The largest absolute Gasteiger partial charge is 0.351 e. The Bertz CT molecular complexity index is 461. The van der Waals surface area contributed by atoms with Crippen LogP contribution in [0.5, 0.6) is 0 Å². The van der Waals surface area contributed by atoms with E-state index in [-0.39, 0.29) is 11.3 Å². The lowest BCUT2D eigenvalue weighted by Crippen LogP contribution is -2.42. The fraction of sp³-hybridized carbons (Fsp3) is 0.632. The molecule has 0 unspecified atom stereocenters. The second-order valence-corrected chi connectivity index (χ2v) is 7.51. The lowest BCUT2D eigenvalue weighted by Gasteiger charge is -2.30. The Hall–Kier alpha value is -1.35. The molecule has 3 heteroatoms. The van der Waals surface area contributed by atoms with Crippen molar-refractivity contribution in [3.63, 3.8) is 0 Å². The number of nitrogens with one attached hydrogen (secondary N) is 1. The monoisotopic (exact) mass is 304 g/mol. The molecule has 124 valence electrons. The molecule has 1 amide bonds. The average molecular weight is 304 g/mol. The minimum Gasteiger partial charge on any atom is -0.351 e. The van der Waals surface area contributed by atoms with E-state index in [1.165, 1.54) is 5.56 Å². The van der Waals surface area contributed by atoms with Gasteiger partial charge in [0.1, 0.15) is 0 Å². The Morgan fingerprint density at radius 1 is 1.05 bits per heavy atom. The molecule has 0 radical (unpaired) electrons. The molecule has 3 nitrogen and oxygen atoms in total. The minimum atomic E-state index is 0.00733. The number of hydrogen-bond acceptors (Lipinski definition) is 2. The van der Waals surface area contributed by atoms with Crippen molar-refractivity contribution in [1.29, 1.82) is 0 Å². The number of benzene rings is 1. The van der Waals surface area contributed by atoms with Gasteiger partial charge in [-0.15, -0.1) is 0 Å². The van der Waals surface area contributed by atoms with E-state index in [9.17, 15) is 4.79 Å². The third kappa shape index (κ3) is 5.45. The Labute approximate surface area is 136 Å². The van der Waals surface area contributed by atoms with E-state index in [1.807, 2.05) is 24.3 Å². The highest BCUT2D eigenvalue weighted by Gasteiger charge is 2.15. The van der Waals surface area contributed by atoms with Crippen LogP contribution >= 0.6 is 0 Å². The van der Waals surface area contributed by atoms with Gasteiger partial charge in [0.05, 0.1) is 0 Å². The zero-order valence-corrected chi connectivity index (χ0v) is 15.2. The molecule has 0 atom stereocenters. The van der Waals surface area contributed by atoms with Crippen molar-refractivity contribution >= 4 is 5.91 Å². The maximum absolute atomic E-state index is 12.2. The zero-order valence-electron chi connectivity index (χ0n) is 15.2. The van der Waals surface area contributed by atoms with Gasteiger partial charge < -0.3 is 5.32 Å². The molecule has 1 N–H and O–H groups in total. The number of nitrogens with zero attached hydrogens (tertiary/aromatic N) is 1. The first-order valence-corrected chi connectivity index (χ1v) is 8.27. The molecule has 0 saturated heterocycles. The summed E-state index contributed by atoms with van der Waals surface area (Å²) in [6.07, 6.45) is 0. The summed E-state index contributed by atoms with van der Waals surface area (Å²) >= 11 is 0. The summed E-state index contributed by atoms with van der Waals surface area (Å²) in [5.74, 6) is 0.00733. The summed E-state index contributed by atoms with van der Waals surface area (Å²) in [7, 11) is 0. The van der Waals surface area contributed by atoms with Gasteiger partial charge in [-0.2, -0.15) is 0 Å². The standard InChI is InChI=1S/C19H32N2O/c1-14(2)21(15(3)4)13-12-20-18(22)16-8-10-17(11-9-16)19(5,6)7/h8-11,14-15H,12-13H2,1-7H3,(H,20,22). The van der Waals surface area contributed by atoms with E-state index in [2.05, 4.69) is 58.7 Å². The fourth-order valence-electron chi connectivity index (χ4n) is 2.63. The van der Waals surface area contributed by atoms with Crippen LogP contribution in [0.2, 0.25) is 0 Å². The van der Waals surface area contributed by atoms with Gasteiger partial charge in [-0.05, 0) is 50.8 Å². The summed E-state index contributed by atoms with van der Waals surface area (Å²) in [5, 5.41) is 3.02. The first kappa shape index (κ1) is 18.7. The SMILES string of the molecule is CC(C)N(CCNC(=O)c1ccc(C(C)(C)C)cc1)C(C)C. The van der Waals surface area contributed by atoms with E-state index >= 15 is 0 Å². The third-order valence-electron chi connectivity index (χ3n) is 4.00. The average Bonchev–Trinajstić information content (AvgIpc) is 2.41. The maximum Gasteiger partial charge on any atom is 0.251 e. The molecule has 0 aliphatic rings. The number of carbonyl (C=O) groups is 1. The van der Waals surface area contributed by atoms with E-state index < -0.39 is 0 Å². The van der Waals surface area contributed by atoms with E-state index in [0.29, 0.717) is 18.6 Å². The van der Waals surface area contributed by atoms with Crippen LogP contribution in [0.15, 0.2) is 24.3 Å². The number of rotatable bonds is 6. The molecule has 22 heavy (non-hydrogen) atoms. The molecule has 0 heterocycles. The van der Waals surface area contributed by atoms with Crippen LogP contribution in [0.3, 0.4) is 0 Å². The van der Waals surface area contributed by atoms with Crippen molar-refractivity contribution in [1.82, 2.24) is 10.2 Å². The molecule has 0 aromatic heterocycles. The van der Waals surface area contributed by atoms with Crippen molar-refractivity contribution in [2.45, 2.75) is 66.0 Å². The number of hydrogen-bond donors (Lipinski definition) is 1. The highest BCUT2D eigenvalue weighted by Crippen LogP contribution is 2.22. The Kier molecular flexibility index (Phi) is 6.61. The molecule has 0 bridgehead atoms. The predicted octanol–water partition coefficient (Wildman–Crippen LogP) is 3.83. The van der Waals surface area contributed by atoms with Crippen LogP contribution in [-0.2, 0) is 5.41 Å². The third-order valence-corrected chi connectivity index (χ3v) is 4.00. The Balaban J connectivity index is 2.56. The predicted molar refractivity (Wildman–Crippen MR) is 94.5 cm³/mol. The molecule has 0 aliphatic carbocycles. The van der Waals surface area contributed by atoms with Crippen molar-refractivity contribution in [3.05, 3.63) is 35.4 Å². The van der Waals surface area contributed by atoms with Gasteiger partial charge in [-0.25, -0.2) is 0 Å². The highest BCUT2D eigenvalue weighted by atomic mass is 16.1. The van der Waals surface area contributed by atoms with Gasteiger partial charge >= 0.3 is 0 Å². The van der Waals surface area contributed by atoms with Crippen molar-refractivity contribution < 1.29 is 4.79 Å². The van der Waals surface area contributed by atoms with Crippen LogP contribution in [0, 0.1) is 0 Å². The molecule has 0 fully saturated rings. The highest BCUT2D eigenvalue weighted by molar-refractivity contribution is 5.94. The summed E-state index contributed by atoms with van der Waals surface area (Å²) in [6, 6.07) is 8.90. The number of amides is 1. The van der Waals surface area contributed by atoms with Gasteiger partial charge in [0, 0.05) is 30.7 Å². The Morgan fingerprint density at radius 3 is 1.95 bits per heavy atom. The topological polar surface area (TPSA) is 32.3 Å². The van der Waals surface area contributed by atoms with Crippen molar-refractivity contribution in [3.8, 4) is 0 Å². The lowest BCUT2D eigenvalue weighted by molar-refractivity contribution is 0.0939. The van der Waals surface area contributed by atoms with Gasteiger partial charge in [-0.3, -0.25) is 9.69 Å². The van der Waals surface area contributed by atoms with Crippen LogP contribution in [-0.4, -0.2) is 36.0 Å². The second kappa shape index (κ2) is 7.77. The summed E-state index contributed by atoms with van der Waals surface area (Å²) in [4.78, 5) is 14.6. The molecule has 0 aliphatic heterocycles. The molecule has 1 aromatic rings. The second-order valence-electron chi connectivity index (χ2n) is 7.51. The van der Waals surface area contributed by atoms with Crippen LogP contribution in [0.1, 0.15) is 64.4 Å². The van der Waals surface area contributed by atoms with Gasteiger partial charge in [-0.1, -0.05) is 32.9 Å². The lowest BCUT2D eigenvalue weighted by atomic mass is 9.87. The van der Waals surface area contributed by atoms with E-state index in [0.717, 1.165) is 12.1 Å². The van der Waals surface area contributed by atoms with E-state index in [1.54, 1.807) is 0 Å². The summed E-state index contributed by atoms with van der Waals surface area (Å²) in [6.45, 7) is 16.8. The summed E-state index contributed by atoms with van der Waals surface area (Å²) < 4.78 is 0. The van der Waals surface area contributed by atoms with Crippen molar-refractivity contribution in [2.24, 2.45) is 0 Å². The summed E-state index contributed by atoms with van der Waals surface area (Å²) in [5.41, 5.74) is 2.09. The zero-order chi connectivity index (χ0) is 16.9. The first-order valence-electron chi connectivity index (χ1n) is 8.27. The van der Waals surface area contributed by atoms with Crippen LogP contribution in [0.4, 0.5) is 0 Å². The first-order chi connectivity index (χ1) is 10.1. The fourth-order valence-corrected chi connectivity index (χ4v) is 2.63. The normalized spacial score (nSPS) is 12.3. The molecular weight excluding hydrogens is 272 g/mol. The number of carbonyl (C=O) groups excluding carboxylic acids is 1. The van der Waals surface area contributed by atoms with E-state index in [4.69, 9.17) is 0 Å². The minimum absolute atomic E-state index is 0.00733. The van der Waals surface area contributed by atoms with Crippen molar-refractivity contribution in [2.75, 3.05) is 13.1 Å². The smallest absolute Gasteiger partial charge is 0.251 e. The Morgan fingerprint density at radius 2 is 1.55 bits per heavy atom. The molecule has 0 spiro atoms. The molecular formula is C19H32N2O. The maximum atomic E-state index is 12.2. The molecule has 0 saturated carbocycles. The quantitative estimate of drug-likeness (QED) is 0.866. The van der Waals surface area contributed by atoms with Gasteiger partial charge in [0.2, 0.25) is 0 Å². The molecule has 1 rings (SSSR count). The molecule has 1 aromatic carbocycles. The van der Waals surface area contributed by atoms with Gasteiger partial charge in [0.15, 0.2) is 0 Å². The van der Waals surface area contributed by atoms with Crippen LogP contribution in [0.25, 0.3) is 0 Å². The van der Waals surface area contributed by atoms with Crippen LogP contribution < -0.4 is 5.32 Å². The van der Waals surface area contributed by atoms with Gasteiger partial charge in [0.25, 0.3) is 5.91 Å².